The molecular formula is C28H33N7O. The van der Waals surface area contributed by atoms with Gasteiger partial charge in [0.2, 0.25) is 5.95 Å². The normalized spacial score (nSPS) is 12.6. The second-order valence-electron chi connectivity index (χ2n) is 10.1. The van der Waals surface area contributed by atoms with Crippen LogP contribution in [0.1, 0.15) is 77.8 Å². The SMILES string of the molecule is C=C=C/C(=C(\CCC)c1nc2cc(-c3cnc(N)nc3)ccc2n1C(C)(C)C)c1nc(C(C)C)no1. The Morgan fingerprint density at radius 1 is 1.17 bits per heavy atom. The summed E-state index contributed by atoms with van der Waals surface area (Å²) in [5, 5.41) is 4.18. The first kappa shape index (κ1) is 25.1. The van der Waals surface area contributed by atoms with Gasteiger partial charge in [-0.2, -0.15) is 4.98 Å². The van der Waals surface area contributed by atoms with E-state index in [1.165, 1.54) is 0 Å². The number of fused-ring (bicyclic) bond motifs is 1. The van der Waals surface area contributed by atoms with Crippen molar-refractivity contribution >= 4 is 28.1 Å². The van der Waals surface area contributed by atoms with Crippen molar-refractivity contribution < 1.29 is 4.52 Å². The van der Waals surface area contributed by atoms with Gasteiger partial charge in [0.15, 0.2) is 5.82 Å². The maximum atomic E-state index is 5.70. The van der Waals surface area contributed by atoms with Crippen molar-refractivity contribution in [2.45, 2.75) is 65.8 Å². The Morgan fingerprint density at radius 3 is 2.47 bits per heavy atom. The molecule has 3 aromatic heterocycles. The van der Waals surface area contributed by atoms with E-state index in [1.807, 2.05) is 19.9 Å². The molecule has 8 nitrogen and oxygen atoms in total. The van der Waals surface area contributed by atoms with E-state index in [0.717, 1.165) is 52.0 Å². The van der Waals surface area contributed by atoms with Gasteiger partial charge in [0.25, 0.3) is 5.89 Å². The molecule has 0 fully saturated rings. The molecule has 0 atom stereocenters. The zero-order chi connectivity index (χ0) is 26.0. The average Bonchev–Trinajstić information content (AvgIpc) is 3.46. The van der Waals surface area contributed by atoms with Gasteiger partial charge < -0.3 is 14.8 Å². The summed E-state index contributed by atoms with van der Waals surface area (Å²) in [5.41, 5.74) is 13.9. The largest absolute Gasteiger partial charge is 0.368 e. The molecule has 4 rings (SSSR count). The van der Waals surface area contributed by atoms with E-state index in [4.69, 9.17) is 15.2 Å². The maximum absolute atomic E-state index is 5.70. The molecule has 0 aliphatic rings. The van der Waals surface area contributed by atoms with Crippen molar-refractivity contribution in [1.82, 2.24) is 29.7 Å². The van der Waals surface area contributed by atoms with Crippen LogP contribution in [-0.4, -0.2) is 29.7 Å². The Morgan fingerprint density at radius 2 is 1.89 bits per heavy atom. The molecule has 0 aliphatic heterocycles. The van der Waals surface area contributed by atoms with E-state index in [2.05, 4.69) is 82.9 Å². The smallest absolute Gasteiger partial charge is 0.258 e. The van der Waals surface area contributed by atoms with Crippen LogP contribution in [0.3, 0.4) is 0 Å². The summed E-state index contributed by atoms with van der Waals surface area (Å²) in [6, 6.07) is 6.22. The highest BCUT2D eigenvalue weighted by Crippen LogP contribution is 2.36. The van der Waals surface area contributed by atoms with Crippen LogP contribution in [0, 0.1) is 0 Å². The number of benzene rings is 1. The summed E-state index contributed by atoms with van der Waals surface area (Å²) in [5.74, 6) is 2.37. The third-order valence-corrected chi connectivity index (χ3v) is 5.86. The van der Waals surface area contributed by atoms with Gasteiger partial charge >= 0.3 is 0 Å². The lowest BCUT2D eigenvalue weighted by Gasteiger charge is -2.26. The lowest BCUT2D eigenvalue weighted by atomic mass is 10.00. The molecule has 0 saturated carbocycles. The minimum absolute atomic E-state index is 0.154. The molecule has 186 valence electrons. The van der Waals surface area contributed by atoms with Crippen molar-refractivity contribution in [3.05, 3.63) is 66.5 Å². The van der Waals surface area contributed by atoms with E-state index >= 15 is 0 Å². The van der Waals surface area contributed by atoms with Crippen molar-refractivity contribution in [3.63, 3.8) is 0 Å². The fraction of sp³-hybridized carbons (Fsp3) is 0.357. The topological polar surface area (TPSA) is 109 Å². The number of aromatic nitrogens is 6. The van der Waals surface area contributed by atoms with Crippen LogP contribution in [-0.2, 0) is 5.54 Å². The molecule has 4 aromatic rings. The summed E-state index contributed by atoms with van der Waals surface area (Å²) >= 11 is 0. The van der Waals surface area contributed by atoms with Crippen LogP contribution in [0.15, 0.2) is 53.5 Å². The Labute approximate surface area is 211 Å². The van der Waals surface area contributed by atoms with Crippen molar-refractivity contribution in [2.75, 3.05) is 5.73 Å². The van der Waals surface area contributed by atoms with Gasteiger partial charge in [0, 0.05) is 35.0 Å². The second kappa shape index (κ2) is 9.91. The van der Waals surface area contributed by atoms with E-state index < -0.39 is 0 Å². The number of hydrogen-bond acceptors (Lipinski definition) is 7. The van der Waals surface area contributed by atoms with Crippen molar-refractivity contribution in [2.24, 2.45) is 0 Å². The summed E-state index contributed by atoms with van der Waals surface area (Å²) in [4.78, 5) is 18.1. The van der Waals surface area contributed by atoms with Gasteiger partial charge in [-0.3, -0.25) is 0 Å². The molecule has 2 N–H and O–H groups in total. The molecule has 0 spiro atoms. The molecule has 36 heavy (non-hydrogen) atoms. The monoisotopic (exact) mass is 483 g/mol. The van der Waals surface area contributed by atoms with E-state index in [9.17, 15) is 0 Å². The van der Waals surface area contributed by atoms with Crippen LogP contribution in [0.4, 0.5) is 5.95 Å². The molecule has 0 unspecified atom stereocenters. The number of hydrogen-bond donors (Lipinski definition) is 1. The molecule has 0 bridgehead atoms. The summed E-state index contributed by atoms with van der Waals surface area (Å²) in [7, 11) is 0. The highest BCUT2D eigenvalue weighted by Gasteiger charge is 2.27. The summed E-state index contributed by atoms with van der Waals surface area (Å²) in [6.07, 6.45) is 6.94. The van der Waals surface area contributed by atoms with Crippen LogP contribution >= 0.6 is 0 Å². The van der Waals surface area contributed by atoms with Gasteiger partial charge in [-0.05, 0) is 51.0 Å². The highest BCUT2D eigenvalue weighted by atomic mass is 16.5. The van der Waals surface area contributed by atoms with Gasteiger partial charge in [-0.15, -0.1) is 5.73 Å². The zero-order valence-electron chi connectivity index (χ0n) is 21.8. The number of anilines is 1. The minimum Gasteiger partial charge on any atom is -0.368 e. The van der Waals surface area contributed by atoms with E-state index in [-0.39, 0.29) is 17.4 Å². The van der Waals surface area contributed by atoms with E-state index in [0.29, 0.717) is 11.7 Å². The standard InChI is InChI=1S/C28H33N7O/c1-8-10-20(21(11-9-2)26-33-24(17(3)4)34-36-26)25-32-22-14-18(19-15-30-27(29)31-16-19)12-13-23(22)35(25)28(5,6)7/h11-17H,2,8,10H2,1,3-7H3,(H2,29,30,31)/b21-20-. The minimum atomic E-state index is -0.240. The Kier molecular flexibility index (Phi) is 6.91. The highest BCUT2D eigenvalue weighted by molar-refractivity contribution is 5.94. The van der Waals surface area contributed by atoms with Gasteiger partial charge in [-0.1, -0.05) is 45.0 Å². The number of nitrogen functional groups attached to an aromatic ring is 1. The van der Waals surface area contributed by atoms with Crippen molar-refractivity contribution in [3.8, 4) is 11.1 Å². The van der Waals surface area contributed by atoms with Crippen molar-refractivity contribution in [1.29, 1.82) is 0 Å². The summed E-state index contributed by atoms with van der Waals surface area (Å²) < 4.78 is 7.97. The Bertz CT molecular complexity index is 1460. The zero-order valence-corrected chi connectivity index (χ0v) is 21.8. The molecular weight excluding hydrogens is 450 g/mol. The van der Waals surface area contributed by atoms with Crippen LogP contribution in [0.25, 0.3) is 33.3 Å². The first-order valence-corrected chi connectivity index (χ1v) is 12.2. The predicted octanol–water partition coefficient (Wildman–Crippen LogP) is 6.39. The number of imidazole rings is 1. The first-order chi connectivity index (χ1) is 17.1. The molecule has 0 radical (unpaired) electrons. The number of nitrogens with zero attached hydrogens (tertiary/aromatic N) is 6. The Hall–Kier alpha value is -4.03. The molecule has 1 aromatic carbocycles. The molecule has 0 amide bonds. The summed E-state index contributed by atoms with van der Waals surface area (Å²) in [6.45, 7) is 16.6. The average molecular weight is 484 g/mol. The van der Waals surface area contributed by atoms with Gasteiger partial charge in [0.05, 0.1) is 16.6 Å². The van der Waals surface area contributed by atoms with Gasteiger partial charge in [-0.25, -0.2) is 15.0 Å². The number of rotatable bonds is 7. The Balaban J connectivity index is 2.00. The van der Waals surface area contributed by atoms with Gasteiger partial charge in [0.1, 0.15) is 5.82 Å². The van der Waals surface area contributed by atoms with Crippen LogP contribution in [0.2, 0.25) is 0 Å². The molecule has 0 aliphatic carbocycles. The second-order valence-corrected chi connectivity index (χ2v) is 10.1. The number of allylic oxidation sites excluding steroid dienone is 3. The first-order valence-electron chi connectivity index (χ1n) is 12.2. The lowest BCUT2D eigenvalue weighted by molar-refractivity contribution is 0.397. The molecule has 0 saturated heterocycles. The fourth-order valence-electron chi connectivity index (χ4n) is 4.20. The van der Waals surface area contributed by atoms with Crippen LogP contribution < -0.4 is 5.73 Å². The van der Waals surface area contributed by atoms with E-state index in [1.54, 1.807) is 12.4 Å². The lowest BCUT2D eigenvalue weighted by Crippen LogP contribution is -2.24. The fourth-order valence-corrected chi connectivity index (χ4v) is 4.20. The molecule has 3 heterocycles. The molecule has 8 heteroatoms. The quantitative estimate of drug-likeness (QED) is 0.240. The number of nitrogens with two attached hydrogens (primary N) is 1. The maximum Gasteiger partial charge on any atom is 0.258 e. The van der Waals surface area contributed by atoms with Crippen LogP contribution in [0.5, 0.6) is 0 Å². The third kappa shape index (κ3) is 4.86. The third-order valence-electron chi connectivity index (χ3n) is 5.86. The predicted molar refractivity (Wildman–Crippen MR) is 144 cm³/mol.